The summed E-state index contributed by atoms with van der Waals surface area (Å²) in [6, 6.07) is -0.118. The summed E-state index contributed by atoms with van der Waals surface area (Å²) in [6.45, 7) is 3.61. The minimum absolute atomic E-state index is 0.0862. The van der Waals surface area contributed by atoms with Crippen LogP contribution in [0.5, 0.6) is 0 Å². The molecule has 2 heterocycles. The number of methoxy groups -OCH3 is 1. The number of rotatable bonds is 5. The number of esters is 1. The topological polar surface area (TPSA) is 76.5 Å². The number of hydrogen-bond donors (Lipinski definition) is 1. The zero-order chi connectivity index (χ0) is 16.1. The van der Waals surface area contributed by atoms with Crippen molar-refractivity contribution < 1.29 is 14.3 Å². The zero-order valence-corrected chi connectivity index (χ0v) is 13.4. The maximum absolute atomic E-state index is 12.2. The molecule has 122 valence electrons. The number of nitrogens with one attached hydrogen (secondary N) is 1. The van der Waals surface area contributed by atoms with Crippen LogP contribution in [0.4, 0.5) is 4.79 Å². The lowest BCUT2D eigenvalue weighted by molar-refractivity contribution is -0.145. The monoisotopic (exact) mass is 308 g/mol. The van der Waals surface area contributed by atoms with Gasteiger partial charge < -0.3 is 19.5 Å². The van der Waals surface area contributed by atoms with E-state index in [-0.39, 0.29) is 23.8 Å². The van der Waals surface area contributed by atoms with E-state index >= 15 is 0 Å². The number of aryl methyl sites for hydroxylation is 1. The molecule has 2 amide bonds. The third-order valence-electron chi connectivity index (χ3n) is 4.15. The van der Waals surface area contributed by atoms with E-state index in [4.69, 9.17) is 4.74 Å². The summed E-state index contributed by atoms with van der Waals surface area (Å²) in [5, 5.41) is 2.90. The van der Waals surface area contributed by atoms with Gasteiger partial charge in [-0.05, 0) is 6.42 Å². The fourth-order valence-electron chi connectivity index (χ4n) is 2.87. The van der Waals surface area contributed by atoms with E-state index in [9.17, 15) is 9.59 Å². The van der Waals surface area contributed by atoms with Crippen molar-refractivity contribution in [2.75, 3.05) is 26.7 Å². The number of imidazole rings is 1. The average Bonchev–Trinajstić information content (AvgIpc) is 3.12. The third-order valence-corrected chi connectivity index (χ3v) is 4.15. The minimum atomic E-state index is -0.350. The summed E-state index contributed by atoms with van der Waals surface area (Å²) in [5.41, 5.74) is 0.944. The summed E-state index contributed by atoms with van der Waals surface area (Å²) >= 11 is 0. The quantitative estimate of drug-likeness (QED) is 0.653. The molecule has 0 unspecified atom stereocenters. The highest BCUT2D eigenvalue weighted by atomic mass is 16.5. The van der Waals surface area contributed by atoms with Gasteiger partial charge in [0.15, 0.2) is 0 Å². The van der Waals surface area contributed by atoms with Gasteiger partial charge in [-0.1, -0.05) is 13.3 Å². The van der Waals surface area contributed by atoms with Crippen LogP contribution in [0.15, 0.2) is 12.5 Å². The summed E-state index contributed by atoms with van der Waals surface area (Å²) in [7, 11) is 3.27. The molecule has 1 aromatic rings. The van der Waals surface area contributed by atoms with Crippen molar-refractivity contribution in [2.24, 2.45) is 13.0 Å². The van der Waals surface area contributed by atoms with Crippen LogP contribution >= 0.6 is 0 Å². The molecule has 1 fully saturated rings. The van der Waals surface area contributed by atoms with Crippen molar-refractivity contribution in [3.8, 4) is 0 Å². The Hall–Kier alpha value is -2.05. The van der Waals surface area contributed by atoms with Gasteiger partial charge in [0.1, 0.15) is 0 Å². The van der Waals surface area contributed by atoms with Crippen LogP contribution in [-0.4, -0.2) is 53.2 Å². The van der Waals surface area contributed by atoms with Gasteiger partial charge in [-0.3, -0.25) is 4.79 Å². The number of carbonyl (C=O) groups excluding carboxylic acids is 2. The van der Waals surface area contributed by atoms with Crippen LogP contribution in [0.3, 0.4) is 0 Å². The molecule has 7 nitrogen and oxygen atoms in total. The van der Waals surface area contributed by atoms with E-state index in [2.05, 4.69) is 17.2 Å². The molecular weight excluding hydrogens is 284 g/mol. The van der Waals surface area contributed by atoms with E-state index in [0.29, 0.717) is 19.6 Å². The van der Waals surface area contributed by atoms with Crippen LogP contribution in [0, 0.1) is 5.92 Å². The fraction of sp³-hybridized carbons (Fsp3) is 0.667. The normalized spacial score (nSPS) is 21.0. The number of likely N-dealkylation sites (tertiary alicyclic amines) is 1. The lowest BCUT2D eigenvalue weighted by atomic mass is 9.93. The molecule has 1 saturated heterocycles. The van der Waals surface area contributed by atoms with Gasteiger partial charge in [0.25, 0.3) is 0 Å². The Kier molecular flexibility index (Phi) is 5.41. The number of amides is 2. The molecule has 0 bridgehead atoms. The Balaban J connectivity index is 2.10. The number of nitrogens with zero attached hydrogens (tertiary/aromatic N) is 3. The first-order valence-corrected chi connectivity index (χ1v) is 7.65. The van der Waals surface area contributed by atoms with Gasteiger partial charge in [-0.15, -0.1) is 0 Å². The van der Waals surface area contributed by atoms with Gasteiger partial charge >= 0.3 is 12.0 Å². The lowest BCUT2D eigenvalue weighted by Gasteiger charge is -2.17. The van der Waals surface area contributed by atoms with E-state index in [0.717, 1.165) is 18.5 Å². The molecule has 1 aliphatic heterocycles. The van der Waals surface area contributed by atoms with E-state index in [1.165, 1.54) is 7.11 Å². The molecule has 0 saturated carbocycles. The Labute approximate surface area is 130 Å². The highest BCUT2D eigenvalue weighted by molar-refractivity contribution is 5.79. The Morgan fingerprint density at radius 3 is 2.82 bits per heavy atom. The standard InChI is InChI=1S/C15H24N4O3/c1-4-5-6-17-15(21)19-8-11(12(9-19)14(20)22-3)13-7-16-10-18(13)2/h7,10-12H,4-6,8-9H2,1-3H3,(H,17,21)/t11-,12-/m0/s1. The first-order valence-electron chi connectivity index (χ1n) is 7.65. The Morgan fingerprint density at radius 1 is 1.45 bits per heavy atom. The Bertz CT molecular complexity index is 529. The molecule has 0 aliphatic carbocycles. The molecule has 1 aromatic heterocycles. The van der Waals surface area contributed by atoms with Crippen LogP contribution < -0.4 is 5.32 Å². The van der Waals surface area contributed by atoms with E-state index in [1.807, 2.05) is 11.6 Å². The molecule has 1 aliphatic rings. The number of ether oxygens (including phenoxy) is 1. The predicted molar refractivity (Wildman–Crippen MR) is 81.3 cm³/mol. The van der Waals surface area contributed by atoms with Gasteiger partial charge in [-0.2, -0.15) is 0 Å². The van der Waals surface area contributed by atoms with Crippen LogP contribution in [0.1, 0.15) is 31.4 Å². The first-order chi connectivity index (χ1) is 10.6. The fourth-order valence-corrected chi connectivity index (χ4v) is 2.87. The second-order valence-electron chi connectivity index (χ2n) is 5.66. The number of unbranched alkanes of at least 4 members (excludes halogenated alkanes) is 1. The van der Waals surface area contributed by atoms with Crippen molar-refractivity contribution in [1.82, 2.24) is 19.8 Å². The number of hydrogen-bond acceptors (Lipinski definition) is 4. The highest BCUT2D eigenvalue weighted by Crippen LogP contribution is 2.33. The molecule has 22 heavy (non-hydrogen) atoms. The molecule has 2 atom stereocenters. The summed E-state index contributed by atoms with van der Waals surface area (Å²) in [5.74, 6) is -0.718. The van der Waals surface area contributed by atoms with Crippen molar-refractivity contribution in [1.29, 1.82) is 0 Å². The van der Waals surface area contributed by atoms with Crippen molar-refractivity contribution in [3.63, 3.8) is 0 Å². The molecule has 0 aromatic carbocycles. The van der Waals surface area contributed by atoms with E-state index in [1.54, 1.807) is 17.4 Å². The molecule has 0 radical (unpaired) electrons. The number of carbonyl (C=O) groups is 2. The molecule has 7 heteroatoms. The van der Waals surface area contributed by atoms with Gasteiger partial charge in [0, 0.05) is 44.5 Å². The largest absolute Gasteiger partial charge is 0.469 e. The van der Waals surface area contributed by atoms with Gasteiger partial charge in [0.2, 0.25) is 0 Å². The van der Waals surface area contributed by atoms with E-state index < -0.39 is 0 Å². The summed E-state index contributed by atoms with van der Waals surface area (Å²) < 4.78 is 6.79. The maximum atomic E-state index is 12.2. The van der Waals surface area contributed by atoms with Gasteiger partial charge in [-0.25, -0.2) is 9.78 Å². The molecule has 0 spiro atoms. The van der Waals surface area contributed by atoms with Crippen molar-refractivity contribution >= 4 is 12.0 Å². The summed E-state index contributed by atoms with van der Waals surface area (Å²) in [4.78, 5) is 30.1. The maximum Gasteiger partial charge on any atom is 0.317 e. The summed E-state index contributed by atoms with van der Waals surface area (Å²) in [6.07, 6.45) is 5.43. The van der Waals surface area contributed by atoms with Crippen molar-refractivity contribution in [2.45, 2.75) is 25.7 Å². The average molecular weight is 308 g/mol. The number of urea groups is 1. The van der Waals surface area contributed by atoms with Crippen molar-refractivity contribution in [3.05, 3.63) is 18.2 Å². The number of aromatic nitrogens is 2. The minimum Gasteiger partial charge on any atom is -0.469 e. The Morgan fingerprint density at radius 2 is 2.23 bits per heavy atom. The van der Waals surface area contributed by atoms with Crippen LogP contribution in [0.25, 0.3) is 0 Å². The SMILES string of the molecule is CCCCNC(=O)N1C[C@H](C(=O)OC)[C@@H](c2cncn2C)C1. The zero-order valence-electron chi connectivity index (χ0n) is 13.4. The molecule has 1 N–H and O–H groups in total. The molecule has 2 rings (SSSR count). The van der Waals surface area contributed by atoms with Gasteiger partial charge in [0.05, 0.1) is 19.4 Å². The predicted octanol–water partition coefficient (Wildman–Crippen LogP) is 1.12. The second kappa shape index (κ2) is 7.29. The highest BCUT2D eigenvalue weighted by Gasteiger charge is 2.42. The molecular formula is C15H24N4O3. The third kappa shape index (κ3) is 3.40. The van der Waals surface area contributed by atoms with Crippen LogP contribution in [-0.2, 0) is 16.6 Å². The van der Waals surface area contributed by atoms with Crippen LogP contribution in [0.2, 0.25) is 0 Å². The smallest absolute Gasteiger partial charge is 0.317 e. The first kappa shape index (κ1) is 16.3. The second-order valence-corrected chi connectivity index (χ2v) is 5.66. The lowest BCUT2D eigenvalue weighted by Crippen LogP contribution is -2.39.